The number of rotatable bonds is 4. The van der Waals surface area contributed by atoms with E-state index < -0.39 is 0 Å². The van der Waals surface area contributed by atoms with Crippen molar-refractivity contribution in [2.75, 3.05) is 17.2 Å². The van der Waals surface area contributed by atoms with Gasteiger partial charge in [0.05, 0.1) is 0 Å². The molecule has 2 rings (SSSR count). The molecule has 4 heteroatoms. The summed E-state index contributed by atoms with van der Waals surface area (Å²) >= 11 is 5.90. The van der Waals surface area contributed by atoms with E-state index in [1.807, 2.05) is 6.07 Å². The van der Waals surface area contributed by atoms with Crippen LogP contribution in [-0.4, -0.2) is 17.6 Å². The molecule has 82 valence electrons. The predicted molar refractivity (Wildman–Crippen MR) is 64.3 cm³/mol. The summed E-state index contributed by atoms with van der Waals surface area (Å²) in [6.45, 7) is 3.20. The molecule has 0 aliphatic heterocycles. The van der Waals surface area contributed by atoms with Crippen molar-refractivity contribution >= 4 is 23.1 Å². The van der Waals surface area contributed by atoms with Crippen LogP contribution in [0.5, 0.6) is 0 Å². The SMILES string of the molecule is CCCN(c1cc(N)cc(Cl)n1)C1CC1. The van der Waals surface area contributed by atoms with Gasteiger partial charge in [0, 0.05) is 24.3 Å². The normalized spacial score (nSPS) is 15.3. The van der Waals surface area contributed by atoms with Gasteiger partial charge < -0.3 is 10.6 Å². The highest BCUT2D eigenvalue weighted by Gasteiger charge is 2.29. The third-order valence-electron chi connectivity index (χ3n) is 2.55. The number of hydrogen-bond donors (Lipinski definition) is 1. The molecule has 0 radical (unpaired) electrons. The van der Waals surface area contributed by atoms with Gasteiger partial charge in [0.25, 0.3) is 0 Å². The third-order valence-corrected chi connectivity index (χ3v) is 2.74. The number of halogens is 1. The highest BCUT2D eigenvalue weighted by atomic mass is 35.5. The number of nitrogen functional groups attached to an aromatic ring is 1. The van der Waals surface area contributed by atoms with Crippen molar-refractivity contribution in [2.24, 2.45) is 0 Å². The number of hydrogen-bond acceptors (Lipinski definition) is 3. The fourth-order valence-corrected chi connectivity index (χ4v) is 1.97. The summed E-state index contributed by atoms with van der Waals surface area (Å²) in [6, 6.07) is 4.23. The maximum atomic E-state index is 5.90. The summed E-state index contributed by atoms with van der Waals surface area (Å²) in [6.07, 6.45) is 3.63. The van der Waals surface area contributed by atoms with Gasteiger partial charge in [0.15, 0.2) is 0 Å². The fraction of sp³-hybridized carbons (Fsp3) is 0.545. The van der Waals surface area contributed by atoms with Crippen molar-refractivity contribution in [2.45, 2.75) is 32.2 Å². The number of nitrogens with zero attached hydrogens (tertiary/aromatic N) is 2. The molecule has 0 amide bonds. The average molecular weight is 226 g/mol. The van der Waals surface area contributed by atoms with Crippen LogP contribution >= 0.6 is 11.6 Å². The quantitative estimate of drug-likeness (QED) is 0.802. The van der Waals surface area contributed by atoms with E-state index in [1.54, 1.807) is 6.07 Å². The summed E-state index contributed by atoms with van der Waals surface area (Å²) in [7, 11) is 0. The van der Waals surface area contributed by atoms with E-state index in [2.05, 4.69) is 16.8 Å². The lowest BCUT2D eigenvalue weighted by molar-refractivity contribution is 0.751. The van der Waals surface area contributed by atoms with Gasteiger partial charge >= 0.3 is 0 Å². The Morgan fingerprint density at radius 1 is 1.53 bits per heavy atom. The minimum atomic E-state index is 0.478. The van der Waals surface area contributed by atoms with Crippen molar-refractivity contribution in [3.05, 3.63) is 17.3 Å². The monoisotopic (exact) mass is 225 g/mol. The smallest absolute Gasteiger partial charge is 0.133 e. The van der Waals surface area contributed by atoms with Gasteiger partial charge in [-0.2, -0.15) is 0 Å². The predicted octanol–water partition coefficient (Wildman–Crippen LogP) is 2.70. The minimum absolute atomic E-state index is 0.478. The fourth-order valence-electron chi connectivity index (χ4n) is 1.76. The van der Waals surface area contributed by atoms with Crippen LogP contribution in [0.2, 0.25) is 5.15 Å². The van der Waals surface area contributed by atoms with E-state index in [9.17, 15) is 0 Å². The molecule has 1 heterocycles. The molecule has 0 spiro atoms. The molecule has 0 atom stereocenters. The van der Waals surface area contributed by atoms with Crippen LogP contribution in [-0.2, 0) is 0 Å². The minimum Gasteiger partial charge on any atom is -0.399 e. The summed E-state index contributed by atoms with van der Waals surface area (Å²) in [5.74, 6) is 0.921. The molecule has 1 fully saturated rings. The van der Waals surface area contributed by atoms with Crippen molar-refractivity contribution < 1.29 is 0 Å². The Balaban J connectivity index is 2.24. The van der Waals surface area contributed by atoms with E-state index in [-0.39, 0.29) is 0 Å². The molecule has 1 aromatic rings. The van der Waals surface area contributed by atoms with Crippen molar-refractivity contribution in [3.63, 3.8) is 0 Å². The molecule has 3 nitrogen and oxygen atoms in total. The Bertz CT molecular complexity index is 329. The van der Waals surface area contributed by atoms with Crippen molar-refractivity contribution in [3.8, 4) is 0 Å². The van der Waals surface area contributed by atoms with Crippen LogP contribution in [0.1, 0.15) is 26.2 Å². The molecule has 15 heavy (non-hydrogen) atoms. The van der Waals surface area contributed by atoms with E-state index in [0.717, 1.165) is 18.8 Å². The van der Waals surface area contributed by atoms with E-state index in [1.165, 1.54) is 12.8 Å². The maximum Gasteiger partial charge on any atom is 0.133 e. The lowest BCUT2D eigenvalue weighted by atomic mass is 10.3. The second-order valence-electron chi connectivity index (χ2n) is 4.01. The zero-order valence-electron chi connectivity index (χ0n) is 8.91. The molecular weight excluding hydrogens is 210 g/mol. The molecule has 1 aliphatic rings. The molecule has 2 N–H and O–H groups in total. The van der Waals surface area contributed by atoms with Gasteiger partial charge in [0.1, 0.15) is 11.0 Å². The van der Waals surface area contributed by atoms with E-state index in [4.69, 9.17) is 17.3 Å². The molecule has 1 aromatic heterocycles. The van der Waals surface area contributed by atoms with Gasteiger partial charge in [0.2, 0.25) is 0 Å². The van der Waals surface area contributed by atoms with Crippen molar-refractivity contribution in [1.82, 2.24) is 4.98 Å². The molecule has 0 unspecified atom stereocenters. The Morgan fingerprint density at radius 2 is 2.27 bits per heavy atom. The van der Waals surface area contributed by atoms with Crippen LogP contribution < -0.4 is 10.6 Å². The zero-order valence-corrected chi connectivity index (χ0v) is 9.67. The summed E-state index contributed by atoms with van der Waals surface area (Å²) in [5, 5.41) is 0.478. The first-order valence-corrected chi connectivity index (χ1v) is 5.78. The van der Waals surface area contributed by atoms with E-state index >= 15 is 0 Å². The standard InChI is InChI=1S/C11H16ClN3/c1-2-5-15(9-3-4-9)11-7-8(13)6-10(12)14-11/h6-7,9H,2-5H2,1H3,(H2,13,14). The van der Waals surface area contributed by atoms with Crippen LogP contribution in [0, 0.1) is 0 Å². The number of aromatic nitrogens is 1. The second kappa shape index (κ2) is 4.27. The maximum absolute atomic E-state index is 5.90. The lowest BCUT2D eigenvalue weighted by Gasteiger charge is -2.23. The molecule has 0 bridgehead atoms. The first kappa shape index (κ1) is 10.6. The zero-order chi connectivity index (χ0) is 10.8. The van der Waals surface area contributed by atoms with Crippen LogP contribution in [0.3, 0.4) is 0 Å². The molecule has 0 saturated heterocycles. The third kappa shape index (κ3) is 2.53. The first-order valence-electron chi connectivity index (χ1n) is 5.40. The Morgan fingerprint density at radius 3 is 2.80 bits per heavy atom. The largest absolute Gasteiger partial charge is 0.399 e. The summed E-state index contributed by atoms with van der Waals surface area (Å²) in [4.78, 5) is 6.63. The van der Waals surface area contributed by atoms with Gasteiger partial charge in [-0.3, -0.25) is 0 Å². The lowest BCUT2D eigenvalue weighted by Crippen LogP contribution is -2.27. The van der Waals surface area contributed by atoms with E-state index in [0.29, 0.717) is 16.9 Å². The summed E-state index contributed by atoms with van der Waals surface area (Å²) < 4.78 is 0. The average Bonchev–Trinajstić information content (AvgIpc) is 2.95. The Hall–Kier alpha value is -0.960. The van der Waals surface area contributed by atoms with Gasteiger partial charge in [-0.15, -0.1) is 0 Å². The van der Waals surface area contributed by atoms with Gasteiger partial charge in [-0.25, -0.2) is 4.98 Å². The van der Waals surface area contributed by atoms with Crippen LogP contribution in [0.25, 0.3) is 0 Å². The highest BCUT2D eigenvalue weighted by Crippen LogP contribution is 2.32. The second-order valence-corrected chi connectivity index (χ2v) is 4.39. The molecule has 1 aliphatic carbocycles. The van der Waals surface area contributed by atoms with Crippen molar-refractivity contribution in [1.29, 1.82) is 0 Å². The number of nitrogens with two attached hydrogens (primary N) is 1. The topological polar surface area (TPSA) is 42.1 Å². The number of pyridine rings is 1. The van der Waals surface area contributed by atoms with Crippen LogP contribution in [0.15, 0.2) is 12.1 Å². The van der Waals surface area contributed by atoms with Crippen LogP contribution in [0.4, 0.5) is 11.5 Å². The number of anilines is 2. The molecule has 0 aromatic carbocycles. The summed E-state index contributed by atoms with van der Waals surface area (Å²) in [5.41, 5.74) is 6.45. The molecular formula is C11H16ClN3. The Labute approximate surface area is 95.2 Å². The van der Waals surface area contributed by atoms with Gasteiger partial charge in [-0.1, -0.05) is 18.5 Å². The Kier molecular flexibility index (Phi) is 3.00. The highest BCUT2D eigenvalue weighted by molar-refractivity contribution is 6.29. The first-order chi connectivity index (χ1) is 7.20. The van der Waals surface area contributed by atoms with Gasteiger partial charge in [-0.05, 0) is 25.3 Å². The molecule has 1 saturated carbocycles.